The molecule has 0 fully saturated rings. The number of hydrogen-bond donors (Lipinski definition) is 0. The van der Waals surface area contributed by atoms with Gasteiger partial charge >= 0.3 is 5.97 Å². The number of aryl methyl sites for hydroxylation is 2. The molecule has 2 rings (SSSR count). The van der Waals surface area contributed by atoms with E-state index in [2.05, 4.69) is 0 Å². The van der Waals surface area contributed by atoms with Crippen molar-refractivity contribution in [1.29, 1.82) is 0 Å². The van der Waals surface area contributed by atoms with Crippen LogP contribution in [0.1, 0.15) is 52.6 Å². The third-order valence-corrected chi connectivity index (χ3v) is 5.11. The third-order valence-electron chi connectivity index (χ3n) is 4.70. The van der Waals surface area contributed by atoms with Crippen LogP contribution in [0, 0.1) is 20.8 Å². The Hall–Kier alpha value is -2.27. The molecule has 0 atom stereocenters. The summed E-state index contributed by atoms with van der Waals surface area (Å²) in [5.41, 5.74) is 4.19. The van der Waals surface area contributed by atoms with E-state index in [1.54, 1.807) is 6.07 Å². The van der Waals surface area contributed by atoms with Gasteiger partial charge in [-0.05, 0) is 56.0 Å². The van der Waals surface area contributed by atoms with Gasteiger partial charge in [-0.15, -0.1) is 0 Å². The highest BCUT2D eigenvalue weighted by molar-refractivity contribution is 6.31. The molecule has 0 N–H and O–H groups in total. The minimum absolute atomic E-state index is 0.194. The number of carbonyl (C=O) groups is 2. The van der Waals surface area contributed by atoms with Crippen molar-refractivity contribution in [2.45, 2.75) is 40.5 Å². The third kappa shape index (κ3) is 4.92. The summed E-state index contributed by atoms with van der Waals surface area (Å²) in [6.07, 6.45) is 0. The van der Waals surface area contributed by atoms with Gasteiger partial charge in [-0.25, -0.2) is 4.79 Å². The Morgan fingerprint density at radius 1 is 1.11 bits per heavy atom. The zero-order chi connectivity index (χ0) is 20.3. The van der Waals surface area contributed by atoms with Crippen LogP contribution in [0.25, 0.3) is 0 Å². The Bertz CT molecular complexity index is 868. The zero-order valence-corrected chi connectivity index (χ0v) is 17.4. The van der Waals surface area contributed by atoms with Gasteiger partial charge in [0.1, 0.15) is 5.75 Å². The Morgan fingerprint density at radius 2 is 1.78 bits per heavy atom. The monoisotopic (exact) mass is 391 g/mol. The maximum atomic E-state index is 12.3. The van der Waals surface area contributed by atoms with Crippen LogP contribution in [0.15, 0.2) is 18.2 Å². The second-order valence-electron chi connectivity index (χ2n) is 7.01. The summed E-state index contributed by atoms with van der Waals surface area (Å²) < 4.78 is 12.6. The van der Waals surface area contributed by atoms with Gasteiger partial charge in [0.25, 0.3) is 0 Å². The molecule has 1 aromatic carbocycles. The van der Waals surface area contributed by atoms with Gasteiger partial charge in [-0.1, -0.05) is 25.4 Å². The van der Waals surface area contributed by atoms with Crippen molar-refractivity contribution in [3.63, 3.8) is 0 Å². The van der Waals surface area contributed by atoms with E-state index in [9.17, 15) is 9.59 Å². The van der Waals surface area contributed by atoms with Crippen molar-refractivity contribution < 1.29 is 19.1 Å². The summed E-state index contributed by atoms with van der Waals surface area (Å²) in [6.45, 7) is 9.14. The summed E-state index contributed by atoms with van der Waals surface area (Å²) in [6, 6.07) is 5.46. The number of esters is 1. The van der Waals surface area contributed by atoms with Gasteiger partial charge in [-0.3, -0.25) is 4.79 Å². The number of ketones is 1. The second kappa shape index (κ2) is 8.61. The van der Waals surface area contributed by atoms with Crippen molar-refractivity contribution in [3.8, 4) is 5.75 Å². The van der Waals surface area contributed by atoms with Crippen LogP contribution < -0.4 is 4.74 Å². The highest BCUT2D eigenvalue weighted by Crippen LogP contribution is 2.32. The van der Waals surface area contributed by atoms with Crippen molar-refractivity contribution in [3.05, 3.63) is 51.3 Å². The minimum Gasteiger partial charge on any atom is -0.482 e. The van der Waals surface area contributed by atoms with Gasteiger partial charge < -0.3 is 14.0 Å². The van der Waals surface area contributed by atoms with E-state index >= 15 is 0 Å². The lowest BCUT2D eigenvalue weighted by atomic mass is 10.0. The predicted octanol–water partition coefficient (Wildman–Crippen LogP) is 4.53. The largest absolute Gasteiger partial charge is 0.482 e. The van der Waals surface area contributed by atoms with E-state index in [1.807, 2.05) is 58.4 Å². The van der Waals surface area contributed by atoms with Crippen LogP contribution in [-0.4, -0.2) is 29.5 Å². The number of halogens is 1. The lowest BCUT2D eigenvalue weighted by Gasteiger charge is -2.15. The van der Waals surface area contributed by atoms with Gasteiger partial charge in [0.05, 0.1) is 0 Å². The van der Waals surface area contributed by atoms with E-state index in [1.165, 1.54) is 0 Å². The van der Waals surface area contributed by atoms with E-state index in [4.69, 9.17) is 21.1 Å². The molecule has 5 nitrogen and oxygen atoms in total. The molecule has 0 spiro atoms. The normalized spacial score (nSPS) is 11.0. The maximum Gasteiger partial charge on any atom is 0.344 e. The molecular formula is C21H26ClNO4. The molecule has 0 aliphatic carbocycles. The van der Waals surface area contributed by atoms with Crippen LogP contribution in [0.3, 0.4) is 0 Å². The summed E-state index contributed by atoms with van der Waals surface area (Å²) in [7, 11) is 1.89. The molecule has 146 valence electrons. The van der Waals surface area contributed by atoms with E-state index in [0.29, 0.717) is 16.3 Å². The fourth-order valence-electron chi connectivity index (χ4n) is 2.79. The number of benzene rings is 1. The number of hydrogen-bond acceptors (Lipinski definition) is 4. The SMILES string of the molecule is Cc1cc(OCC(=O)OCC(=O)c2cc(C)n(C)c2C)c(C(C)C)cc1Cl. The van der Waals surface area contributed by atoms with Crippen molar-refractivity contribution in [1.82, 2.24) is 4.57 Å². The Labute approximate surface area is 165 Å². The number of Topliss-reactive ketones (excluding diaryl/α,β-unsaturated/α-hetero) is 1. The number of aromatic nitrogens is 1. The van der Waals surface area contributed by atoms with Crippen LogP contribution in [0.2, 0.25) is 5.02 Å². The fourth-order valence-corrected chi connectivity index (χ4v) is 2.96. The highest BCUT2D eigenvalue weighted by atomic mass is 35.5. The topological polar surface area (TPSA) is 57.5 Å². The number of nitrogens with zero attached hydrogens (tertiary/aromatic N) is 1. The van der Waals surface area contributed by atoms with Crippen LogP contribution >= 0.6 is 11.6 Å². The van der Waals surface area contributed by atoms with Crippen LogP contribution in [-0.2, 0) is 16.6 Å². The maximum absolute atomic E-state index is 12.3. The lowest BCUT2D eigenvalue weighted by molar-refractivity contribution is -0.144. The molecule has 0 unspecified atom stereocenters. The first-order valence-corrected chi connectivity index (χ1v) is 9.24. The molecular weight excluding hydrogens is 366 g/mol. The molecule has 0 amide bonds. The van der Waals surface area contributed by atoms with E-state index in [0.717, 1.165) is 22.5 Å². The summed E-state index contributed by atoms with van der Waals surface area (Å²) >= 11 is 6.17. The van der Waals surface area contributed by atoms with Crippen molar-refractivity contribution >= 4 is 23.4 Å². The average Bonchev–Trinajstić information content (AvgIpc) is 2.87. The molecule has 2 aromatic rings. The summed E-state index contributed by atoms with van der Waals surface area (Å²) in [5, 5.41) is 0.660. The molecule has 0 saturated heterocycles. The quantitative estimate of drug-likeness (QED) is 0.514. The molecule has 27 heavy (non-hydrogen) atoms. The fraction of sp³-hybridized carbons (Fsp3) is 0.429. The van der Waals surface area contributed by atoms with Gasteiger partial charge in [0.2, 0.25) is 5.78 Å². The summed E-state index contributed by atoms with van der Waals surface area (Å²) in [4.78, 5) is 24.3. The molecule has 0 aliphatic heterocycles. The molecule has 0 bridgehead atoms. The van der Waals surface area contributed by atoms with Crippen LogP contribution in [0.4, 0.5) is 0 Å². The molecule has 1 aromatic heterocycles. The molecule has 6 heteroatoms. The molecule has 0 radical (unpaired) electrons. The summed E-state index contributed by atoms with van der Waals surface area (Å²) in [5.74, 6) is -0.0181. The minimum atomic E-state index is -0.587. The first-order chi connectivity index (χ1) is 12.6. The molecule has 1 heterocycles. The Morgan fingerprint density at radius 3 is 2.33 bits per heavy atom. The van der Waals surface area contributed by atoms with E-state index < -0.39 is 5.97 Å². The van der Waals surface area contributed by atoms with Gasteiger partial charge in [0.15, 0.2) is 13.2 Å². The first kappa shape index (κ1) is 21.0. The number of carbonyl (C=O) groups excluding carboxylic acids is 2. The average molecular weight is 392 g/mol. The van der Waals surface area contributed by atoms with Crippen molar-refractivity contribution in [2.75, 3.05) is 13.2 Å². The van der Waals surface area contributed by atoms with Gasteiger partial charge in [-0.2, -0.15) is 0 Å². The van der Waals surface area contributed by atoms with Crippen LogP contribution in [0.5, 0.6) is 5.75 Å². The van der Waals surface area contributed by atoms with E-state index in [-0.39, 0.29) is 24.9 Å². The first-order valence-electron chi connectivity index (χ1n) is 8.86. The smallest absolute Gasteiger partial charge is 0.344 e. The zero-order valence-electron chi connectivity index (χ0n) is 16.7. The lowest BCUT2D eigenvalue weighted by Crippen LogP contribution is -2.20. The molecule has 0 aliphatic rings. The molecule has 0 saturated carbocycles. The number of ether oxygens (including phenoxy) is 2. The highest BCUT2D eigenvalue weighted by Gasteiger charge is 2.17. The Balaban J connectivity index is 1.96. The van der Waals surface area contributed by atoms with Crippen molar-refractivity contribution in [2.24, 2.45) is 7.05 Å². The Kier molecular flexibility index (Phi) is 6.71. The second-order valence-corrected chi connectivity index (χ2v) is 7.42. The van der Waals surface area contributed by atoms with Gasteiger partial charge in [0, 0.05) is 29.0 Å². The number of rotatable bonds is 7. The predicted molar refractivity (Wildman–Crippen MR) is 106 cm³/mol. The standard InChI is InChI=1S/C21H26ClNO4/c1-12(2)16-9-18(22)13(3)7-20(16)26-11-21(25)27-10-19(24)17-8-14(4)23(6)15(17)5/h7-9,12H,10-11H2,1-6H3.